The average molecular weight is 151 g/mol. The van der Waals surface area contributed by atoms with Gasteiger partial charge in [-0.2, -0.15) is 0 Å². The quantitative estimate of drug-likeness (QED) is 0.510. The van der Waals surface area contributed by atoms with Gasteiger partial charge in [-0.05, 0) is 5.92 Å². The molecule has 2 saturated heterocycles. The zero-order valence-electron chi connectivity index (χ0n) is 6.71. The van der Waals surface area contributed by atoms with Gasteiger partial charge in [0.25, 0.3) is 0 Å². The van der Waals surface area contributed by atoms with Crippen molar-refractivity contribution in [3.63, 3.8) is 0 Å². The summed E-state index contributed by atoms with van der Waals surface area (Å²) < 4.78 is 5.92. The van der Waals surface area contributed by atoms with Gasteiger partial charge in [0.2, 0.25) is 0 Å². The number of hydrogen-bond acceptors (Lipinski definition) is 2. The lowest BCUT2D eigenvalue weighted by Gasteiger charge is -2.23. The van der Waals surface area contributed by atoms with E-state index in [9.17, 15) is 0 Å². The summed E-state index contributed by atoms with van der Waals surface area (Å²) in [7, 11) is 0. The van der Waals surface area contributed by atoms with Gasteiger partial charge >= 0.3 is 0 Å². The van der Waals surface area contributed by atoms with Gasteiger partial charge in [0.15, 0.2) is 0 Å². The molecule has 3 aliphatic heterocycles. The summed E-state index contributed by atoms with van der Waals surface area (Å²) in [6.45, 7) is 4.46. The van der Waals surface area contributed by atoms with Crippen LogP contribution in [0.2, 0.25) is 0 Å². The lowest BCUT2D eigenvalue weighted by Crippen LogP contribution is -2.33. The molecule has 3 heterocycles. The topological polar surface area (TPSA) is 21.3 Å². The Bertz CT molecular complexity index is 226. The first-order chi connectivity index (χ1) is 5.32. The summed E-state index contributed by atoms with van der Waals surface area (Å²) >= 11 is 0. The van der Waals surface area contributed by atoms with E-state index in [1.165, 1.54) is 0 Å². The van der Waals surface area contributed by atoms with Crippen LogP contribution in [-0.2, 0) is 4.74 Å². The molecule has 4 atom stereocenters. The van der Waals surface area contributed by atoms with Gasteiger partial charge < -0.3 is 10.1 Å². The molecule has 0 unspecified atom stereocenters. The minimum atomic E-state index is 0.101. The van der Waals surface area contributed by atoms with Gasteiger partial charge in [0.05, 0.1) is 6.10 Å². The summed E-state index contributed by atoms with van der Waals surface area (Å²) in [5, 5.41) is 3.40. The molecule has 0 aromatic carbocycles. The number of hydrogen-bond donors (Lipinski definition) is 1. The van der Waals surface area contributed by atoms with E-state index < -0.39 is 0 Å². The highest BCUT2D eigenvalue weighted by Gasteiger charge is 2.56. The third-order valence-corrected chi connectivity index (χ3v) is 3.47. The highest BCUT2D eigenvalue weighted by atomic mass is 16.5. The molecular formula is C9H13NO. The van der Waals surface area contributed by atoms with Crippen LogP contribution in [0.5, 0.6) is 0 Å². The minimum Gasteiger partial charge on any atom is -0.362 e. The first-order valence-corrected chi connectivity index (χ1v) is 4.40. The highest BCUT2D eigenvalue weighted by Crippen LogP contribution is 2.48. The smallest absolute Gasteiger partial charge is 0.104 e. The standard InChI is InChI=1S/C9H13NO/c1-6-7-4-10-5-9(7)3-2-8(6)11-9/h2-3,6-8,10H,4-5H2,1H3/t6-,7-,8-,9-/m0/s1. The summed E-state index contributed by atoms with van der Waals surface area (Å²) in [5.74, 6) is 1.45. The normalized spacial score (nSPS) is 58.8. The molecule has 11 heavy (non-hydrogen) atoms. The van der Waals surface area contributed by atoms with Crippen LogP contribution in [0, 0.1) is 11.8 Å². The maximum atomic E-state index is 5.92. The van der Waals surface area contributed by atoms with Gasteiger partial charge in [0, 0.05) is 19.0 Å². The maximum absolute atomic E-state index is 5.92. The van der Waals surface area contributed by atoms with Gasteiger partial charge in [-0.1, -0.05) is 19.1 Å². The minimum absolute atomic E-state index is 0.101. The second-order valence-corrected chi connectivity index (χ2v) is 3.99. The van der Waals surface area contributed by atoms with Crippen LogP contribution in [0.25, 0.3) is 0 Å². The van der Waals surface area contributed by atoms with Crippen molar-refractivity contribution in [1.29, 1.82) is 0 Å². The number of nitrogens with one attached hydrogen (secondary N) is 1. The van der Waals surface area contributed by atoms with Crippen LogP contribution in [0.3, 0.4) is 0 Å². The molecule has 3 rings (SSSR count). The molecule has 60 valence electrons. The lowest BCUT2D eigenvalue weighted by atomic mass is 9.79. The van der Waals surface area contributed by atoms with Crippen molar-refractivity contribution >= 4 is 0 Å². The molecule has 0 aliphatic carbocycles. The molecule has 0 aromatic rings. The van der Waals surface area contributed by atoms with E-state index in [-0.39, 0.29) is 5.60 Å². The summed E-state index contributed by atoms with van der Waals surface area (Å²) in [6, 6.07) is 0. The van der Waals surface area contributed by atoms with Gasteiger partial charge in [-0.15, -0.1) is 0 Å². The Hall–Kier alpha value is -0.340. The van der Waals surface area contributed by atoms with E-state index in [1.807, 2.05) is 0 Å². The Balaban J connectivity index is 2.07. The van der Waals surface area contributed by atoms with Crippen molar-refractivity contribution in [2.24, 2.45) is 11.8 Å². The van der Waals surface area contributed by atoms with E-state index in [0.717, 1.165) is 24.9 Å². The first kappa shape index (κ1) is 6.21. The molecule has 1 spiro atoms. The van der Waals surface area contributed by atoms with E-state index in [1.54, 1.807) is 0 Å². The first-order valence-electron chi connectivity index (χ1n) is 4.40. The SMILES string of the molecule is C[C@@H]1[C@@H]2C=C[C@@]3(CNC[C@@H]13)O2. The van der Waals surface area contributed by atoms with Gasteiger partial charge in [-0.3, -0.25) is 0 Å². The van der Waals surface area contributed by atoms with Crippen LogP contribution in [0.15, 0.2) is 12.2 Å². The largest absolute Gasteiger partial charge is 0.362 e. The van der Waals surface area contributed by atoms with Crippen molar-refractivity contribution in [3.8, 4) is 0 Å². The van der Waals surface area contributed by atoms with Gasteiger partial charge in [-0.25, -0.2) is 0 Å². The Kier molecular flexibility index (Phi) is 0.958. The molecule has 2 bridgehead atoms. The molecular weight excluding hydrogens is 138 g/mol. The summed E-state index contributed by atoms with van der Waals surface area (Å²) in [6.07, 6.45) is 4.92. The predicted molar refractivity (Wildman–Crippen MR) is 42.3 cm³/mol. The molecule has 0 amide bonds. The van der Waals surface area contributed by atoms with Crippen LogP contribution in [0.1, 0.15) is 6.92 Å². The zero-order chi connectivity index (χ0) is 7.47. The van der Waals surface area contributed by atoms with E-state index in [0.29, 0.717) is 6.10 Å². The Labute approximate surface area is 66.6 Å². The summed E-state index contributed by atoms with van der Waals surface area (Å²) in [4.78, 5) is 0. The number of fused-ring (bicyclic) bond motifs is 1. The van der Waals surface area contributed by atoms with Crippen molar-refractivity contribution in [2.45, 2.75) is 18.6 Å². The molecule has 3 aliphatic rings. The van der Waals surface area contributed by atoms with Crippen molar-refractivity contribution in [2.75, 3.05) is 13.1 Å². The lowest BCUT2D eigenvalue weighted by molar-refractivity contribution is 0.0313. The van der Waals surface area contributed by atoms with E-state index in [4.69, 9.17) is 4.74 Å². The molecule has 1 N–H and O–H groups in total. The van der Waals surface area contributed by atoms with Crippen LogP contribution < -0.4 is 5.32 Å². The van der Waals surface area contributed by atoms with Crippen LogP contribution in [0.4, 0.5) is 0 Å². The molecule has 2 nitrogen and oxygen atoms in total. The molecule has 0 aromatic heterocycles. The average Bonchev–Trinajstić information content (AvgIpc) is 2.61. The fraction of sp³-hybridized carbons (Fsp3) is 0.778. The number of ether oxygens (including phenoxy) is 1. The molecule has 0 radical (unpaired) electrons. The number of rotatable bonds is 0. The third-order valence-electron chi connectivity index (χ3n) is 3.47. The summed E-state index contributed by atoms with van der Waals surface area (Å²) in [5.41, 5.74) is 0.101. The van der Waals surface area contributed by atoms with Crippen LogP contribution in [-0.4, -0.2) is 24.8 Å². The van der Waals surface area contributed by atoms with Crippen molar-refractivity contribution in [3.05, 3.63) is 12.2 Å². The molecule has 2 fully saturated rings. The fourth-order valence-electron chi connectivity index (χ4n) is 2.77. The third kappa shape index (κ3) is 0.565. The van der Waals surface area contributed by atoms with Gasteiger partial charge in [0.1, 0.15) is 5.60 Å². The van der Waals surface area contributed by atoms with E-state index in [2.05, 4.69) is 24.4 Å². The van der Waals surface area contributed by atoms with E-state index >= 15 is 0 Å². The van der Waals surface area contributed by atoms with Crippen LogP contribution >= 0.6 is 0 Å². The zero-order valence-corrected chi connectivity index (χ0v) is 6.71. The fourth-order valence-corrected chi connectivity index (χ4v) is 2.77. The highest BCUT2D eigenvalue weighted by molar-refractivity contribution is 5.25. The maximum Gasteiger partial charge on any atom is 0.104 e. The van der Waals surface area contributed by atoms with Crippen molar-refractivity contribution < 1.29 is 4.74 Å². The second kappa shape index (κ2) is 1.70. The Morgan fingerprint density at radius 1 is 1.64 bits per heavy atom. The molecule has 0 saturated carbocycles. The monoisotopic (exact) mass is 151 g/mol. The van der Waals surface area contributed by atoms with Crippen molar-refractivity contribution in [1.82, 2.24) is 5.32 Å². The predicted octanol–water partition coefficient (Wildman–Crippen LogP) is 0.549. The Morgan fingerprint density at radius 2 is 2.55 bits per heavy atom. The Morgan fingerprint density at radius 3 is 3.36 bits per heavy atom. The second-order valence-electron chi connectivity index (χ2n) is 3.99. The molecule has 2 heteroatoms.